The molecule has 0 saturated heterocycles. The third kappa shape index (κ3) is 1.99. The van der Waals surface area contributed by atoms with E-state index >= 15 is 0 Å². The van der Waals surface area contributed by atoms with Gasteiger partial charge in [0.1, 0.15) is 0 Å². The number of aromatic nitrogens is 2. The molecule has 0 unspecified atom stereocenters. The van der Waals surface area contributed by atoms with Crippen LogP contribution in [-0.4, -0.2) is 16.2 Å². The Morgan fingerprint density at radius 3 is 2.90 bits per heavy atom. The summed E-state index contributed by atoms with van der Waals surface area (Å²) in [5.74, 6) is 0.953. The summed E-state index contributed by atoms with van der Waals surface area (Å²) in [6.45, 7) is 1.96. The molecule has 1 rings (SSSR count). The van der Waals surface area contributed by atoms with Crippen LogP contribution in [0.25, 0.3) is 0 Å². The normalized spacial score (nSPS) is 9.80. The minimum atomic E-state index is 0.953. The smallest absolute Gasteiger partial charge is 0.0688 e. The molecule has 0 atom stereocenters. The van der Waals surface area contributed by atoms with Crippen molar-refractivity contribution in [2.24, 2.45) is 0 Å². The maximum Gasteiger partial charge on any atom is 0.0688 e. The molecule has 0 fully saturated rings. The van der Waals surface area contributed by atoms with Crippen LogP contribution in [0.5, 0.6) is 0 Å². The largest absolute Gasteiger partial charge is 0.261 e. The van der Waals surface area contributed by atoms with Crippen LogP contribution in [0.15, 0.2) is 12.4 Å². The van der Waals surface area contributed by atoms with E-state index in [1.165, 1.54) is 0 Å². The van der Waals surface area contributed by atoms with Gasteiger partial charge in [-0.25, -0.2) is 0 Å². The van der Waals surface area contributed by atoms with Crippen LogP contribution in [-0.2, 0) is 5.75 Å². The second kappa shape index (κ2) is 3.56. The van der Waals surface area contributed by atoms with E-state index in [0.29, 0.717) is 0 Å². The van der Waals surface area contributed by atoms with E-state index in [4.69, 9.17) is 0 Å². The molecular weight excluding hydrogens is 144 g/mol. The first-order valence-electron chi connectivity index (χ1n) is 3.09. The van der Waals surface area contributed by atoms with Gasteiger partial charge < -0.3 is 0 Å². The summed E-state index contributed by atoms with van der Waals surface area (Å²) in [5, 5.41) is 0. The van der Waals surface area contributed by atoms with Crippen molar-refractivity contribution < 1.29 is 0 Å². The van der Waals surface area contributed by atoms with Gasteiger partial charge in [0.05, 0.1) is 11.4 Å². The van der Waals surface area contributed by atoms with Gasteiger partial charge in [-0.05, 0) is 13.2 Å². The Morgan fingerprint density at radius 2 is 2.30 bits per heavy atom. The monoisotopic (exact) mass is 154 g/mol. The summed E-state index contributed by atoms with van der Waals surface area (Å²) in [6, 6.07) is 0. The zero-order valence-corrected chi connectivity index (χ0v) is 6.98. The van der Waals surface area contributed by atoms with Gasteiger partial charge in [-0.1, -0.05) is 0 Å². The third-order valence-electron chi connectivity index (χ3n) is 1.10. The minimum absolute atomic E-state index is 0.953. The molecule has 3 heteroatoms. The molecular formula is C7H10N2S. The molecule has 54 valence electrons. The van der Waals surface area contributed by atoms with Gasteiger partial charge in [0, 0.05) is 18.1 Å². The van der Waals surface area contributed by atoms with Crippen molar-refractivity contribution >= 4 is 11.8 Å². The number of thioether (sulfide) groups is 1. The molecule has 2 nitrogen and oxygen atoms in total. The highest BCUT2D eigenvalue weighted by Crippen LogP contribution is 2.04. The molecule has 1 heterocycles. The zero-order valence-electron chi connectivity index (χ0n) is 6.16. The van der Waals surface area contributed by atoms with E-state index in [1.807, 2.05) is 13.1 Å². The number of hydrogen-bond acceptors (Lipinski definition) is 3. The Labute approximate surface area is 65.1 Å². The predicted octanol–water partition coefficient (Wildman–Crippen LogP) is 1.65. The van der Waals surface area contributed by atoms with E-state index in [-0.39, 0.29) is 0 Å². The Bertz CT molecular complexity index is 213. The molecule has 0 aromatic carbocycles. The Morgan fingerprint density at radius 1 is 1.50 bits per heavy atom. The number of rotatable bonds is 2. The van der Waals surface area contributed by atoms with E-state index in [0.717, 1.165) is 17.1 Å². The molecule has 0 aliphatic carbocycles. The molecule has 0 aliphatic heterocycles. The number of nitrogens with zero attached hydrogens (tertiary/aromatic N) is 2. The van der Waals surface area contributed by atoms with E-state index < -0.39 is 0 Å². The van der Waals surface area contributed by atoms with Crippen LogP contribution in [0.2, 0.25) is 0 Å². The van der Waals surface area contributed by atoms with Crippen LogP contribution in [0.4, 0.5) is 0 Å². The Kier molecular flexibility index (Phi) is 2.68. The van der Waals surface area contributed by atoms with Crippen molar-refractivity contribution in [1.82, 2.24) is 9.97 Å². The van der Waals surface area contributed by atoms with Crippen molar-refractivity contribution in [1.29, 1.82) is 0 Å². The number of aryl methyl sites for hydroxylation is 1. The summed E-state index contributed by atoms with van der Waals surface area (Å²) < 4.78 is 0. The molecule has 0 saturated carbocycles. The fraction of sp³-hybridized carbons (Fsp3) is 0.429. The van der Waals surface area contributed by atoms with Crippen LogP contribution >= 0.6 is 11.8 Å². The van der Waals surface area contributed by atoms with Crippen molar-refractivity contribution in [3.8, 4) is 0 Å². The first kappa shape index (κ1) is 7.54. The fourth-order valence-corrected chi connectivity index (χ4v) is 1.17. The van der Waals surface area contributed by atoms with Crippen LogP contribution < -0.4 is 0 Å². The highest BCUT2D eigenvalue weighted by Gasteiger charge is 1.92. The molecule has 0 N–H and O–H groups in total. The summed E-state index contributed by atoms with van der Waals surface area (Å²) >= 11 is 1.76. The summed E-state index contributed by atoms with van der Waals surface area (Å²) in [6.07, 6.45) is 5.64. The average molecular weight is 154 g/mol. The molecule has 0 bridgehead atoms. The summed E-state index contributed by atoms with van der Waals surface area (Å²) in [4.78, 5) is 8.31. The van der Waals surface area contributed by atoms with Gasteiger partial charge in [-0.3, -0.25) is 9.97 Å². The lowest BCUT2D eigenvalue weighted by Gasteiger charge is -1.96. The lowest BCUT2D eigenvalue weighted by atomic mass is 10.4. The van der Waals surface area contributed by atoms with E-state index in [2.05, 4.69) is 16.2 Å². The van der Waals surface area contributed by atoms with Crippen molar-refractivity contribution in [2.75, 3.05) is 6.26 Å². The maximum absolute atomic E-state index is 4.28. The molecule has 0 aliphatic rings. The molecule has 10 heavy (non-hydrogen) atoms. The Hall–Kier alpha value is -0.570. The fourth-order valence-electron chi connectivity index (χ4n) is 0.733. The molecule has 1 aromatic rings. The van der Waals surface area contributed by atoms with Crippen LogP contribution in [0.3, 0.4) is 0 Å². The Balaban J connectivity index is 2.75. The van der Waals surface area contributed by atoms with Crippen molar-refractivity contribution in [3.63, 3.8) is 0 Å². The summed E-state index contributed by atoms with van der Waals surface area (Å²) in [7, 11) is 0. The SMILES string of the molecule is CSCc1cncc(C)n1. The standard InChI is InChI=1S/C7H10N2S/c1-6-3-8-4-7(9-6)5-10-2/h3-4H,5H2,1-2H3. The first-order valence-corrected chi connectivity index (χ1v) is 4.49. The first-order chi connectivity index (χ1) is 4.83. The van der Waals surface area contributed by atoms with Crippen molar-refractivity contribution in [3.05, 3.63) is 23.8 Å². The van der Waals surface area contributed by atoms with Gasteiger partial charge in [-0.2, -0.15) is 11.8 Å². The van der Waals surface area contributed by atoms with Crippen molar-refractivity contribution in [2.45, 2.75) is 12.7 Å². The van der Waals surface area contributed by atoms with Gasteiger partial charge in [-0.15, -0.1) is 0 Å². The molecule has 1 aromatic heterocycles. The highest BCUT2D eigenvalue weighted by atomic mass is 32.2. The van der Waals surface area contributed by atoms with Gasteiger partial charge in [0.2, 0.25) is 0 Å². The quantitative estimate of drug-likeness (QED) is 0.647. The van der Waals surface area contributed by atoms with Crippen LogP contribution in [0.1, 0.15) is 11.4 Å². The lowest BCUT2D eigenvalue weighted by molar-refractivity contribution is 1.04. The highest BCUT2D eigenvalue weighted by molar-refractivity contribution is 7.97. The second-order valence-corrected chi connectivity index (χ2v) is 2.95. The van der Waals surface area contributed by atoms with Crippen LogP contribution in [0, 0.1) is 6.92 Å². The lowest BCUT2D eigenvalue weighted by Crippen LogP contribution is -1.90. The topological polar surface area (TPSA) is 25.8 Å². The zero-order chi connectivity index (χ0) is 7.40. The third-order valence-corrected chi connectivity index (χ3v) is 1.68. The predicted molar refractivity (Wildman–Crippen MR) is 44.0 cm³/mol. The summed E-state index contributed by atoms with van der Waals surface area (Å²) in [5.41, 5.74) is 2.05. The van der Waals surface area contributed by atoms with Gasteiger partial charge in [0.15, 0.2) is 0 Å². The molecule has 0 radical (unpaired) electrons. The second-order valence-electron chi connectivity index (χ2n) is 2.08. The van der Waals surface area contributed by atoms with Gasteiger partial charge >= 0.3 is 0 Å². The van der Waals surface area contributed by atoms with E-state index in [9.17, 15) is 0 Å². The maximum atomic E-state index is 4.28. The van der Waals surface area contributed by atoms with E-state index in [1.54, 1.807) is 18.0 Å². The molecule has 0 amide bonds. The average Bonchev–Trinajstić information content (AvgIpc) is 1.88. The van der Waals surface area contributed by atoms with Gasteiger partial charge in [0.25, 0.3) is 0 Å². The minimum Gasteiger partial charge on any atom is -0.261 e. The molecule has 0 spiro atoms. The number of hydrogen-bond donors (Lipinski definition) is 0.